The fourth-order valence-electron chi connectivity index (χ4n) is 1.38. The summed E-state index contributed by atoms with van der Waals surface area (Å²) in [6, 6.07) is 8.77. The standard InChI is InChI=1S/C11H10N4OS/c12-10(16)9-5-6-15(14-9)8-3-1-7(2-4-8)11(13)17/h1-6H,(H2,12,16)(H2,13,17). The summed E-state index contributed by atoms with van der Waals surface area (Å²) in [6.45, 7) is 0. The van der Waals surface area contributed by atoms with Gasteiger partial charge in [0.15, 0.2) is 0 Å². The highest BCUT2D eigenvalue weighted by atomic mass is 32.1. The lowest BCUT2D eigenvalue weighted by atomic mass is 10.2. The molecule has 86 valence electrons. The summed E-state index contributed by atoms with van der Waals surface area (Å²) >= 11 is 4.85. The third kappa shape index (κ3) is 2.31. The average Bonchev–Trinajstić information content (AvgIpc) is 2.78. The van der Waals surface area contributed by atoms with Crippen molar-refractivity contribution >= 4 is 23.1 Å². The minimum atomic E-state index is -0.552. The van der Waals surface area contributed by atoms with E-state index in [1.807, 2.05) is 12.1 Å². The fraction of sp³-hybridized carbons (Fsp3) is 0. The molecule has 1 heterocycles. The third-order valence-corrected chi connectivity index (χ3v) is 2.49. The summed E-state index contributed by atoms with van der Waals surface area (Å²) in [7, 11) is 0. The highest BCUT2D eigenvalue weighted by Gasteiger charge is 2.05. The van der Waals surface area contributed by atoms with Crippen LogP contribution < -0.4 is 11.5 Å². The molecule has 0 radical (unpaired) electrons. The number of hydrogen-bond donors (Lipinski definition) is 2. The number of rotatable bonds is 3. The Hall–Kier alpha value is -2.21. The first-order valence-corrected chi connectivity index (χ1v) is 5.24. The van der Waals surface area contributed by atoms with Crippen LogP contribution in [0.15, 0.2) is 36.5 Å². The molecule has 4 N–H and O–H groups in total. The normalized spacial score (nSPS) is 10.1. The topological polar surface area (TPSA) is 86.9 Å². The number of primary amides is 1. The number of amides is 1. The van der Waals surface area contributed by atoms with Crippen molar-refractivity contribution in [1.29, 1.82) is 0 Å². The predicted octanol–water partition coefficient (Wildman–Crippen LogP) is 0.605. The summed E-state index contributed by atoms with van der Waals surface area (Å²) in [6.07, 6.45) is 1.66. The molecule has 0 aliphatic rings. The lowest BCUT2D eigenvalue weighted by molar-refractivity contribution is 0.0995. The summed E-state index contributed by atoms with van der Waals surface area (Å²) in [5.41, 5.74) is 12.4. The van der Waals surface area contributed by atoms with Crippen molar-refractivity contribution in [2.24, 2.45) is 11.5 Å². The van der Waals surface area contributed by atoms with Gasteiger partial charge in [-0.25, -0.2) is 4.68 Å². The van der Waals surface area contributed by atoms with E-state index in [-0.39, 0.29) is 5.69 Å². The minimum Gasteiger partial charge on any atom is -0.389 e. The van der Waals surface area contributed by atoms with E-state index in [4.69, 9.17) is 23.7 Å². The Morgan fingerprint density at radius 1 is 1.18 bits per heavy atom. The van der Waals surface area contributed by atoms with Crippen molar-refractivity contribution in [2.45, 2.75) is 0 Å². The van der Waals surface area contributed by atoms with Crippen LogP contribution in [-0.2, 0) is 0 Å². The maximum absolute atomic E-state index is 10.9. The highest BCUT2D eigenvalue weighted by molar-refractivity contribution is 7.80. The minimum absolute atomic E-state index is 0.225. The molecule has 6 heteroatoms. The SMILES string of the molecule is NC(=O)c1ccn(-c2ccc(C(N)=S)cc2)n1. The Kier molecular flexibility index (Phi) is 2.88. The van der Waals surface area contributed by atoms with Gasteiger partial charge in [0.05, 0.1) is 5.69 Å². The average molecular weight is 246 g/mol. The molecule has 0 spiro atoms. The van der Waals surface area contributed by atoms with E-state index >= 15 is 0 Å². The summed E-state index contributed by atoms with van der Waals surface area (Å²) in [5.74, 6) is -0.552. The van der Waals surface area contributed by atoms with E-state index in [1.54, 1.807) is 29.1 Å². The van der Waals surface area contributed by atoms with Gasteiger partial charge in [0.25, 0.3) is 5.91 Å². The van der Waals surface area contributed by atoms with Gasteiger partial charge in [-0.1, -0.05) is 12.2 Å². The number of benzene rings is 1. The molecule has 17 heavy (non-hydrogen) atoms. The van der Waals surface area contributed by atoms with Crippen molar-refractivity contribution in [2.75, 3.05) is 0 Å². The zero-order chi connectivity index (χ0) is 12.4. The zero-order valence-electron chi connectivity index (χ0n) is 8.83. The predicted molar refractivity (Wildman–Crippen MR) is 68.0 cm³/mol. The molecule has 1 aromatic heterocycles. The molecule has 1 amide bonds. The maximum Gasteiger partial charge on any atom is 0.269 e. The molecule has 0 unspecified atom stereocenters. The van der Waals surface area contributed by atoms with E-state index in [2.05, 4.69) is 5.10 Å². The molecule has 2 aromatic rings. The van der Waals surface area contributed by atoms with Crippen molar-refractivity contribution < 1.29 is 4.79 Å². The van der Waals surface area contributed by atoms with Gasteiger partial charge in [-0.05, 0) is 30.3 Å². The van der Waals surface area contributed by atoms with Gasteiger partial charge < -0.3 is 11.5 Å². The molecule has 0 aliphatic heterocycles. The van der Waals surface area contributed by atoms with Crippen molar-refractivity contribution in [3.63, 3.8) is 0 Å². The second-order valence-corrected chi connectivity index (χ2v) is 3.86. The number of hydrogen-bond acceptors (Lipinski definition) is 3. The quantitative estimate of drug-likeness (QED) is 0.777. The molecule has 2 rings (SSSR count). The summed E-state index contributed by atoms with van der Waals surface area (Å²) < 4.78 is 1.56. The number of nitrogens with two attached hydrogens (primary N) is 2. The molecule has 0 bridgehead atoms. The van der Waals surface area contributed by atoms with Gasteiger partial charge in [-0.3, -0.25) is 4.79 Å². The Bertz CT molecular complexity index is 573. The fourth-order valence-corrected chi connectivity index (χ4v) is 1.51. The monoisotopic (exact) mass is 246 g/mol. The van der Waals surface area contributed by atoms with E-state index in [1.165, 1.54) is 0 Å². The third-order valence-electron chi connectivity index (χ3n) is 2.26. The van der Waals surface area contributed by atoms with Crippen LogP contribution in [0.5, 0.6) is 0 Å². The lowest BCUT2D eigenvalue weighted by Gasteiger charge is -2.02. The second-order valence-electron chi connectivity index (χ2n) is 3.42. The number of carbonyl (C=O) groups excluding carboxylic acids is 1. The Morgan fingerprint density at radius 3 is 2.29 bits per heavy atom. The maximum atomic E-state index is 10.9. The Balaban J connectivity index is 2.33. The number of thiocarbonyl (C=S) groups is 1. The molecular weight excluding hydrogens is 236 g/mol. The van der Waals surface area contributed by atoms with Gasteiger partial charge in [0.1, 0.15) is 10.7 Å². The smallest absolute Gasteiger partial charge is 0.269 e. The first-order valence-electron chi connectivity index (χ1n) is 4.83. The number of aromatic nitrogens is 2. The Labute approximate surface area is 103 Å². The summed E-state index contributed by atoms with van der Waals surface area (Å²) in [5, 5.41) is 4.03. The van der Waals surface area contributed by atoms with Crippen molar-refractivity contribution in [3.8, 4) is 5.69 Å². The van der Waals surface area contributed by atoms with E-state index in [9.17, 15) is 4.79 Å². The molecule has 0 saturated carbocycles. The molecule has 0 atom stereocenters. The van der Waals surface area contributed by atoms with E-state index < -0.39 is 5.91 Å². The van der Waals surface area contributed by atoms with Crippen LogP contribution >= 0.6 is 12.2 Å². The first kappa shape index (κ1) is 11.3. The van der Waals surface area contributed by atoms with Crippen LogP contribution in [0.2, 0.25) is 0 Å². The van der Waals surface area contributed by atoms with Crippen molar-refractivity contribution in [1.82, 2.24) is 9.78 Å². The molecular formula is C11H10N4OS. The highest BCUT2D eigenvalue weighted by Crippen LogP contribution is 2.09. The van der Waals surface area contributed by atoms with Crippen LogP contribution in [-0.4, -0.2) is 20.7 Å². The molecule has 5 nitrogen and oxygen atoms in total. The molecule has 0 aliphatic carbocycles. The molecule has 0 fully saturated rings. The van der Waals surface area contributed by atoms with Gasteiger partial charge >= 0.3 is 0 Å². The van der Waals surface area contributed by atoms with E-state index in [0.717, 1.165) is 11.3 Å². The van der Waals surface area contributed by atoms with Gasteiger partial charge in [0.2, 0.25) is 0 Å². The van der Waals surface area contributed by atoms with Crippen LogP contribution in [0.4, 0.5) is 0 Å². The van der Waals surface area contributed by atoms with Crippen LogP contribution in [0.3, 0.4) is 0 Å². The van der Waals surface area contributed by atoms with Crippen LogP contribution in [0.1, 0.15) is 16.1 Å². The lowest BCUT2D eigenvalue weighted by Crippen LogP contribution is -2.12. The number of nitrogens with zero attached hydrogens (tertiary/aromatic N) is 2. The van der Waals surface area contributed by atoms with Crippen LogP contribution in [0.25, 0.3) is 5.69 Å². The molecule has 0 saturated heterocycles. The summed E-state index contributed by atoms with van der Waals surface area (Å²) in [4.78, 5) is 11.2. The first-order chi connectivity index (χ1) is 8.08. The number of carbonyl (C=O) groups is 1. The van der Waals surface area contributed by atoms with Crippen LogP contribution in [0, 0.1) is 0 Å². The zero-order valence-corrected chi connectivity index (χ0v) is 9.65. The van der Waals surface area contributed by atoms with Gasteiger partial charge in [-0.2, -0.15) is 5.10 Å². The van der Waals surface area contributed by atoms with Crippen molar-refractivity contribution in [3.05, 3.63) is 47.8 Å². The van der Waals surface area contributed by atoms with Gasteiger partial charge in [0, 0.05) is 11.8 Å². The van der Waals surface area contributed by atoms with Gasteiger partial charge in [-0.15, -0.1) is 0 Å². The second kappa shape index (κ2) is 4.34. The molecule has 1 aromatic carbocycles. The largest absolute Gasteiger partial charge is 0.389 e. The Morgan fingerprint density at radius 2 is 1.82 bits per heavy atom. The van der Waals surface area contributed by atoms with E-state index in [0.29, 0.717) is 4.99 Å².